The minimum atomic E-state index is -0.0251. The van der Waals surface area contributed by atoms with Gasteiger partial charge in [0.05, 0.1) is 5.75 Å². The van der Waals surface area contributed by atoms with Crippen LogP contribution in [0, 0.1) is 6.92 Å². The zero-order valence-electron chi connectivity index (χ0n) is 11.0. The first kappa shape index (κ1) is 14.9. The summed E-state index contributed by atoms with van der Waals surface area (Å²) in [6.45, 7) is 1.92. The number of benzene rings is 2. The summed E-state index contributed by atoms with van der Waals surface area (Å²) in [4.78, 5) is 13.0. The number of anilines is 2. The smallest absolute Gasteiger partial charge is 0.234 e. The molecule has 0 spiro atoms. The summed E-state index contributed by atoms with van der Waals surface area (Å²) in [6, 6.07) is 13.3. The van der Waals surface area contributed by atoms with Crippen molar-refractivity contribution < 1.29 is 4.79 Å². The first-order chi connectivity index (χ1) is 9.54. The number of carbonyl (C=O) groups is 1. The lowest BCUT2D eigenvalue weighted by Gasteiger charge is -2.09. The minimum absolute atomic E-state index is 0.0251. The molecule has 0 fully saturated rings. The topological polar surface area (TPSA) is 55.1 Å². The van der Waals surface area contributed by atoms with Gasteiger partial charge in [-0.05, 0) is 48.9 Å². The maximum Gasteiger partial charge on any atom is 0.234 e. The molecule has 0 aromatic heterocycles. The second-order valence-electron chi connectivity index (χ2n) is 4.37. The standard InChI is InChI=1S/C15H15BrN2OS/c1-10-7-12(17)5-6-14(10)18-15(19)9-20-13-4-2-3-11(16)8-13/h2-8H,9,17H2,1H3,(H,18,19). The van der Waals surface area contributed by atoms with Crippen LogP contribution in [0.1, 0.15) is 5.56 Å². The molecule has 0 radical (unpaired) electrons. The van der Waals surface area contributed by atoms with E-state index in [4.69, 9.17) is 5.73 Å². The Morgan fingerprint density at radius 1 is 1.30 bits per heavy atom. The van der Waals surface area contributed by atoms with Crippen LogP contribution >= 0.6 is 27.7 Å². The van der Waals surface area contributed by atoms with Crippen LogP contribution in [0.4, 0.5) is 11.4 Å². The molecule has 0 saturated heterocycles. The summed E-state index contributed by atoms with van der Waals surface area (Å²) in [5, 5.41) is 2.90. The fourth-order valence-corrected chi connectivity index (χ4v) is 3.02. The third-order valence-electron chi connectivity index (χ3n) is 2.69. The molecule has 0 aliphatic heterocycles. The lowest BCUT2D eigenvalue weighted by atomic mass is 10.2. The molecule has 20 heavy (non-hydrogen) atoms. The maximum absolute atomic E-state index is 11.9. The molecule has 0 aliphatic carbocycles. The van der Waals surface area contributed by atoms with E-state index in [1.807, 2.05) is 43.3 Å². The Morgan fingerprint density at radius 2 is 2.10 bits per heavy atom. The van der Waals surface area contributed by atoms with Crippen molar-refractivity contribution in [3.63, 3.8) is 0 Å². The Kier molecular flexibility index (Phi) is 5.09. The number of nitrogens with two attached hydrogens (primary N) is 1. The van der Waals surface area contributed by atoms with E-state index in [1.54, 1.807) is 6.07 Å². The van der Waals surface area contributed by atoms with E-state index in [2.05, 4.69) is 21.2 Å². The second kappa shape index (κ2) is 6.81. The van der Waals surface area contributed by atoms with Gasteiger partial charge in [-0.25, -0.2) is 0 Å². The highest BCUT2D eigenvalue weighted by atomic mass is 79.9. The number of hydrogen-bond acceptors (Lipinski definition) is 3. The molecule has 0 bridgehead atoms. The first-order valence-corrected chi connectivity index (χ1v) is 7.87. The van der Waals surface area contributed by atoms with Crippen molar-refractivity contribution in [1.82, 2.24) is 0 Å². The molecule has 0 unspecified atom stereocenters. The number of halogens is 1. The van der Waals surface area contributed by atoms with E-state index in [0.717, 1.165) is 20.6 Å². The van der Waals surface area contributed by atoms with Gasteiger partial charge in [0.15, 0.2) is 0 Å². The molecular weight excluding hydrogens is 336 g/mol. The summed E-state index contributed by atoms with van der Waals surface area (Å²) < 4.78 is 1.01. The zero-order valence-corrected chi connectivity index (χ0v) is 13.4. The van der Waals surface area contributed by atoms with Crippen LogP contribution in [0.2, 0.25) is 0 Å². The van der Waals surface area contributed by atoms with E-state index >= 15 is 0 Å². The number of carbonyl (C=O) groups excluding carboxylic acids is 1. The van der Waals surface area contributed by atoms with Crippen LogP contribution in [-0.4, -0.2) is 11.7 Å². The third-order valence-corrected chi connectivity index (χ3v) is 4.18. The van der Waals surface area contributed by atoms with Crippen molar-refractivity contribution in [3.05, 3.63) is 52.5 Å². The molecule has 2 aromatic carbocycles. The Balaban J connectivity index is 1.92. The molecule has 2 aromatic rings. The predicted molar refractivity (Wildman–Crippen MR) is 89.1 cm³/mol. The van der Waals surface area contributed by atoms with Crippen LogP contribution in [0.25, 0.3) is 0 Å². The normalized spacial score (nSPS) is 10.3. The lowest BCUT2D eigenvalue weighted by Crippen LogP contribution is -2.14. The Hall–Kier alpha value is -1.46. The van der Waals surface area contributed by atoms with Crippen molar-refractivity contribution in [2.45, 2.75) is 11.8 Å². The van der Waals surface area contributed by atoms with Gasteiger partial charge in [-0.1, -0.05) is 22.0 Å². The fraction of sp³-hybridized carbons (Fsp3) is 0.133. The first-order valence-electron chi connectivity index (χ1n) is 6.09. The average molecular weight is 351 g/mol. The van der Waals surface area contributed by atoms with Crippen LogP contribution in [0.3, 0.4) is 0 Å². The lowest BCUT2D eigenvalue weighted by molar-refractivity contribution is -0.113. The van der Waals surface area contributed by atoms with Crippen LogP contribution in [0.5, 0.6) is 0 Å². The molecule has 3 N–H and O–H groups in total. The van der Waals surface area contributed by atoms with Gasteiger partial charge in [-0.2, -0.15) is 0 Å². The SMILES string of the molecule is Cc1cc(N)ccc1NC(=O)CSc1cccc(Br)c1. The van der Waals surface area contributed by atoms with Gasteiger partial charge in [-0.15, -0.1) is 11.8 Å². The molecular formula is C15H15BrN2OS. The Morgan fingerprint density at radius 3 is 2.80 bits per heavy atom. The van der Waals surface area contributed by atoms with Crippen molar-refractivity contribution in [3.8, 4) is 0 Å². The number of rotatable bonds is 4. The molecule has 0 saturated carbocycles. The molecule has 2 rings (SSSR count). The maximum atomic E-state index is 11.9. The zero-order chi connectivity index (χ0) is 14.5. The van der Waals surface area contributed by atoms with Gasteiger partial charge >= 0.3 is 0 Å². The number of nitrogen functional groups attached to an aromatic ring is 1. The van der Waals surface area contributed by atoms with E-state index in [9.17, 15) is 4.79 Å². The van der Waals surface area contributed by atoms with Crippen molar-refractivity contribution in [2.24, 2.45) is 0 Å². The highest BCUT2D eigenvalue weighted by Gasteiger charge is 2.06. The highest BCUT2D eigenvalue weighted by Crippen LogP contribution is 2.23. The summed E-state index contributed by atoms with van der Waals surface area (Å²) >= 11 is 4.92. The number of nitrogens with one attached hydrogen (secondary N) is 1. The Labute approximate surface area is 131 Å². The highest BCUT2D eigenvalue weighted by molar-refractivity contribution is 9.10. The van der Waals surface area contributed by atoms with Crippen LogP contribution in [0.15, 0.2) is 51.8 Å². The van der Waals surface area contributed by atoms with E-state index in [0.29, 0.717) is 11.4 Å². The number of hydrogen-bond donors (Lipinski definition) is 2. The fourth-order valence-electron chi connectivity index (χ4n) is 1.72. The van der Waals surface area contributed by atoms with Gasteiger partial charge in [0.1, 0.15) is 0 Å². The van der Waals surface area contributed by atoms with E-state index < -0.39 is 0 Å². The summed E-state index contributed by atoms with van der Waals surface area (Å²) in [5.41, 5.74) is 8.15. The van der Waals surface area contributed by atoms with Gasteiger partial charge in [0.2, 0.25) is 5.91 Å². The molecule has 5 heteroatoms. The predicted octanol–water partition coefficient (Wildman–Crippen LogP) is 4.07. The largest absolute Gasteiger partial charge is 0.399 e. The molecule has 0 heterocycles. The molecule has 0 aliphatic rings. The quantitative estimate of drug-likeness (QED) is 0.645. The summed E-state index contributed by atoms with van der Waals surface area (Å²) in [5.74, 6) is 0.350. The van der Waals surface area contributed by atoms with Crippen LogP contribution in [-0.2, 0) is 4.79 Å². The van der Waals surface area contributed by atoms with Crippen molar-refractivity contribution in [1.29, 1.82) is 0 Å². The Bertz CT molecular complexity index is 631. The average Bonchev–Trinajstić information content (AvgIpc) is 2.40. The van der Waals surface area contributed by atoms with Gasteiger partial charge < -0.3 is 11.1 Å². The van der Waals surface area contributed by atoms with Crippen molar-refractivity contribution >= 4 is 45.0 Å². The molecule has 1 amide bonds. The second-order valence-corrected chi connectivity index (χ2v) is 6.33. The van der Waals surface area contributed by atoms with Gasteiger partial charge in [0, 0.05) is 20.7 Å². The number of thioether (sulfide) groups is 1. The molecule has 104 valence electrons. The van der Waals surface area contributed by atoms with Crippen LogP contribution < -0.4 is 11.1 Å². The van der Waals surface area contributed by atoms with E-state index in [-0.39, 0.29) is 5.91 Å². The summed E-state index contributed by atoms with van der Waals surface area (Å²) in [6.07, 6.45) is 0. The van der Waals surface area contributed by atoms with Crippen molar-refractivity contribution in [2.75, 3.05) is 16.8 Å². The molecule has 0 atom stereocenters. The van der Waals surface area contributed by atoms with E-state index in [1.165, 1.54) is 11.8 Å². The minimum Gasteiger partial charge on any atom is -0.399 e. The number of aryl methyl sites for hydroxylation is 1. The monoisotopic (exact) mass is 350 g/mol. The number of amides is 1. The van der Waals surface area contributed by atoms with Gasteiger partial charge in [-0.3, -0.25) is 4.79 Å². The van der Waals surface area contributed by atoms with Gasteiger partial charge in [0.25, 0.3) is 0 Å². The summed E-state index contributed by atoms with van der Waals surface area (Å²) in [7, 11) is 0. The molecule has 3 nitrogen and oxygen atoms in total. The third kappa shape index (κ3) is 4.28.